The highest BCUT2D eigenvalue weighted by Crippen LogP contribution is 2.39. The van der Waals surface area contributed by atoms with E-state index in [1.807, 2.05) is 45.2 Å². The Labute approximate surface area is 223 Å². The number of fused-ring (bicyclic) bond motifs is 1. The van der Waals surface area contributed by atoms with Gasteiger partial charge in [-0.3, -0.25) is 0 Å². The molecule has 8 heteroatoms. The zero-order valence-corrected chi connectivity index (χ0v) is 22.4. The molecule has 0 saturated heterocycles. The zero-order chi connectivity index (χ0) is 26.7. The van der Waals surface area contributed by atoms with E-state index in [1.165, 1.54) is 11.3 Å². The molecule has 2 aromatic carbocycles. The molecule has 2 aromatic heterocycles. The summed E-state index contributed by atoms with van der Waals surface area (Å²) in [5.74, 6) is 1.19. The minimum atomic E-state index is -0.530. The van der Waals surface area contributed by atoms with Gasteiger partial charge < -0.3 is 9.30 Å². The van der Waals surface area contributed by atoms with Crippen molar-refractivity contribution in [3.63, 3.8) is 0 Å². The molecule has 38 heavy (non-hydrogen) atoms. The predicted molar refractivity (Wildman–Crippen MR) is 147 cm³/mol. The van der Waals surface area contributed by atoms with Crippen molar-refractivity contribution < 1.29 is 9.53 Å². The molecule has 4 aromatic rings. The van der Waals surface area contributed by atoms with Crippen LogP contribution in [0.1, 0.15) is 76.5 Å². The number of rotatable bonds is 7. The second kappa shape index (κ2) is 10.7. The summed E-state index contributed by atoms with van der Waals surface area (Å²) in [6.07, 6.45) is 8.41. The Morgan fingerprint density at radius 2 is 1.89 bits per heavy atom. The molecule has 0 amide bonds. The fourth-order valence-electron chi connectivity index (χ4n) is 5.08. The summed E-state index contributed by atoms with van der Waals surface area (Å²) in [5.41, 5.74) is 5.95. The van der Waals surface area contributed by atoms with Gasteiger partial charge in [-0.15, -0.1) is 5.10 Å². The van der Waals surface area contributed by atoms with E-state index in [4.69, 9.17) is 9.72 Å². The average Bonchev–Trinajstić information content (AvgIpc) is 3.58. The number of nitrogens with zero attached hydrogens (tertiary/aromatic N) is 5. The third kappa shape index (κ3) is 5.44. The third-order valence-electron chi connectivity index (χ3n) is 6.78. The van der Waals surface area contributed by atoms with E-state index in [-0.39, 0.29) is 12.0 Å². The topological polar surface area (TPSA) is 98.6 Å². The monoisotopic (exact) mass is 510 g/mol. The highest BCUT2D eigenvalue weighted by Gasteiger charge is 2.29. The van der Waals surface area contributed by atoms with Crippen LogP contribution in [0.25, 0.3) is 28.1 Å². The molecule has 1 unspecified atom stereocenters. The molecule has 196 valence electrons. The van der Waals surface area contributed by atoms with Crippen LogP contribution in [0, 0.1) is 0 Å². The van der Waals surface area contributed by atoms with Crippen LogP contribution >= 0.6 is 0 Å². The highest BCUT2D eigenvalue weighted by atomic mass is 16.6. The van der Waals surface area contributed by atoms with Crippen LogP contribution in [0.15, 0.2) is 60.8 Å². The van der Waals surface area contributed by atoms with E-state index >= 15 is 0 Å². The number of H-pyrrole nitrogens is 1. The van der Waals surface area contributed by atoms with Gasteiger partial charge in [-0.25, -0.2) is 14.9 Å². The smallest absolute Gasteiger partial charge is 0.331 e. The van der Waals surface area contributed by atoms with Crippen LogP contribution < -0.4 is 0 Å². The molecule has 0 radical (unpaired) electrons. The van der Waals surface area contributed by atoms with E-state index in [9.17, 15) is 4.79 Å². The number of tetrazole rings is 1. The third-order valence-corrected chi connectivity index (χ3v) is 6.78. The van der Waals surface area contributed by atoms with Gasteiger partial charge in [-0.1, -0.05) is 61.9 Å². The number of hydrogen-bond donors (Lipinski definition) is 1. The Morgan fingerprint density at radius 1 is 1.13 bits per heavy atom. The molecule has 1 atom stereocenters. The molecular weight excluding hydrogens is 476 g/mol. The maximum absolute atomic E-state index is 12.6. The quantitative estimate of drug-likeness (QED) is 0.235. The van der Waals surface area contributed by atoms with Gasteiger partial charge in [0.1, 0.15) is 11.4 Å². The first-order valence-corrected chi connectivity index (χ1v) is 13.3. The number of esters is 1. The molecule has 8 nitrogen and oxygen atoms in total. The maximum Gasteiger partial charge on any atom is 0.331 e. The number of benzene rings is 2. The molecule has 3 heterocycles. The van der Waals surface area contributed by atoms with Crippen LogP contribution in [0.3, 0.4) is 0 Å². The number of ether oxygens (including phenoxy) is 1. The van der Waals surface area contributed by atoms with Crippen molar-refractivity contribution in [3.05, 3.63) is 77.9 Å². The van der Waals surface area contributed by atoms with E-state index in [1.54, 1.807) is 6.08 Å². The predicted octanol–water partition coefficient (Wildman–Crippen LogP) is 6.18. The van der Waals surface area contributed by atoms with Crippen molar-refractivity contribution in [2.45, 2.75) is 71.4 Å². The highest BCUT2D eigenvalue weighted by molar-refractivity contribution is 5.91. The summed E-state index contributed by atoms with van der Waals surface area (Å²) in [4.78, 5) is 17.4. The number of unbranched alkanes of at least 4 members (excludes halogenated alkanes) is 1. The molecule has 1 aliphatic rings. The first-order valence-electron chi connectivity index (χ1n) is 13.3. The first-order chi connectivity index (χ1) is 18.3. The molecule has 0 fully saturated rings. The van der Waals surface area contributed by atoms with Crippen molar-refractivity contribution in [2.24, 2.45) is 0 Å². The molecule has 0 bridgehead atoms. The lowest BCUT2D eigenvalue weighted by Crippen LogP contribution is -2.24. The molecule has 1 N–H and O–H groups in total. The molecule has 0 saturated carbocycles. The number of aromatic nitrogens is 6. The van der Waals surface area contributed by atoms with Crippen LogP contribution in [-0.4, -0.2) is 41.7 Å². The zero-order valence-electron chi connectivity index (χ0n) is 22.4. The number of carbonyl (C=O) groups excluding carboxylic acids is 1. The second-order valence-corrected chi connectivity index (χ2v) is 10.7. The Bertz CT molecular complexity index is 1430. The van der Waals surface area contributed by atoms with Gasteiger partial charge >= 0.3 is 5.97 Å². The van der Waals surface area contributed by atoms with Crippen LogP contribution in [0.5, 0.6) is 0 Å². The van der Waals surface area contributed by atoms with Gasteiger partial charge in [0.15, 0.2) is 5.82 Å². The molecule has 0 aliphatic carbocycles. The Morgan fingerprint density at radius 3 is 2.58 bits per heavy atom. The summed E-state index contributed by atoms with van der Waals surface area (Å²) in [6, 6.07) is 17.0. The van der Waals surface area contributed by atoms with Crippen LogP contribution in [-0.2, 0) is 16.0 Å². The summed E-state index contributed by atoms with van der Waals surface area (Å²) < 4.78 is 7.90. The van der Waals surface area contributed by atoms with Gasteiger partial charge in [-0.2, -0.15) is 0 Å². The number of aryl methyl sites for hydroxylation is 1. The molecular formula is C30H34N6O2. The number of imidazole rings is 1. The Kier molecular flexibility index (Phi) is 7.22. The summed E-state index contributed by atoms with van der Waals surface area (Å²) >= 11 is 0. The minimum Gasteiger partial charge on any atom is -0.457 e. The summed E-state index contributed by atoms with van der Waals surface area (Å²) in [7, 11) is 0. The van der Waals surface area contributed by atoms with Gasteiger partial charge in [0, 0.05) is 29.1 Å². The summed E-state index contributed by atoms with van der Waals surface area (Å²) in [6.45, 7) is 7.85. The number of allylic oxidation sites excluding steroid dienone is 1. The lowest BCUT2D eigenvalue weighted by Gasteiger charge is -2.29. The molecule has 0 spiro atoms. The van der Waals surface area contributed by atoms with Gasteiger partial charge in [0.25, 0.3) is 0 Å². The van der Waals surface area contributed by atoms with E-state index in [0.717, 1.165) is 60.2 Å². The number of nitrogens with one attached hydrogen (secondary N) is 1. The van der Waals surface area contributed by atoms with E-state index in [2.05, 4.69) is 62.4 Å². The number of carbonyl (C=O) groups is 1. The Balaban J connectivity index is 1.48. The lowest BCUT2D eigenvalue weighted by atomic mass is 9.91. The van der Waals surface area contributed by atoms with Crippen molar-refractivity contribution in [3.8, 4) is 22.5 Å². The maximum atomic E-state index is 12.6. The fourth-order valence-corrected chi connectivity index (χ4v) is 5.08. The number of hydrogen-bond acceptors (Lipinski definition) is 6. The van der Waals surface area contributed by atoms with Gasteiger partial charge in [-0.05, 0) is 73.6 Å². The van der Waals surface area contributed by atoms with E-state index < -0.39 is 5.60 Å². The normalized spacial score (nSPS) is 16.4. The second-order valence-electron chi connectivity index (χ2n) is 10.7. The van der Waals surface area contributed by atoms with Crippen LogP contribution in [0.4, 0.5) is 0 Å². The standard InChI is InChI=1S/C30H34N6O2/c1-5-6-9-23-19-31-29-22(18-27(37)38-30(2,3)4)16-17-26(36(23)29)21-14-12-20(13-15-21)24-10-7-8-11-25(24)28-32-34-35-33-28/h7-8,10-15,18-19,26H,5-6,9,16-17H2,1-4H3,(H,32,33,34,35). The van der Waals surface area contributed by atoms with Gasteiger partial charge in [0.2, 0.25) is 0 Å². The fraction of sp³-hybridized carbons (Fsp3) is 0.367. The average molecular weight is 511 g/mol. The summed E-state index contributed by atoms with van der Waals surface area (Å²) in [5, 5.41) is 14.4. The van der Waals surface area contributed by atoms with Gasteiger partial charge in [0.05, 0.1) is 6.04 Å². The van der Waals surface area contributed by atoms with E-state index in [0.29, 0.717) is 5.82 Å². The SMILES string of the molecule is CCCCc1cnc2n1C(c1ccc(-c3ccccc3-c3nnn[nH]3)cc1)CCC2=CC(=O)OC(C)(C)C. The van der Waals surface area contributed by atoms with Crippen molar-refractivity contribution in [1.82, 2.24) is 30.2 Å². The minimum absolute atomic E-state index is 0.151. The van der Waals surface area contributed by atoms with Crippen molar-refractivity contribution in [2.75, 3.05) is 0 Å². The van der Waals surface area contributed by atoms with Crippen molar-refractivity contribution in [1.29, 1.82) is 0 Å². The molecule has 5 rings (SSSR count). The van der Waals surface area contributed by atoms with Crippen molar-refractivity contribution >= 4 is 11.5 Å². The largest absolute Gasteiger partial charge is 0.457 e. The lowest BCUT2D eigenvalue weighted by molar-refractivity contribution is -0.148. The first kappa shape index (κ1) is 25.6. The molecule has 1 aliphatic heterocycles. The Hall–Kier alpha value is -4.07. The van der Waals surface area contributed by atoms with Crippen LogP contribution in [0.2, 0.25) is 0 Å². The number of aromatic amines is 1.